The summed E-state index contributed by atoms with van der Waals surface area (Å²) in [6.07, 6.45) is -0.615. The second kappa shape index (κ2) is 3.81. The van der Waals surface area contributed by atoms with Crippen LogP contribution in [-0.4, -0.2) is 19.7 Å². The van der Waals surface area contributed by atoms with E-state index in [4.69, 9.17) is 9.47 Å². The van der Waals surface area contributed by atoms with E-state index in [9.17, 15) is 4.79 Å². The van der Waals surface area contributed by atoms with Crippen molar-refractivity contribution < 1.29 is 14.3 Å². The number of carbonyl (C=O) groups excluding carboxylic acids is 1. The molecule has 0 aliphatic carbocycles. The van der Waals surface area contributed by atoms with Gasteiger partial charge in [0.25, 0.3) is 0 Å². The number of aryl methyl sites for hydroxylation is 1. The van der Waals surface area contributed by atoms with Gasteiger partial charge in [-0.05, 0) is 19.1 Å². The molecule has 1 amide bonds. The van der Waals surface area contributed by atoms with E-state index in [0.29, 0.717) is 6.54 Å². The van der Waals surface area contributed by atoms with Crippen LogP contribution in [0.3, 0.4) is 0 Å². The quantitative estimate of drug-likeness (QED) is 0.804. The molecule has 1 heterocycles. The maximum Gasteiger partial charge on any atom is 0.407 e. The Morgan fingerprint density at radius 1 is 1.53 bits per heavy atom. The van der Waals surface area contributed by atoms with Gasteiger partial charge in [-0.15, -0.1) is 0 Å². The molecular weight excluding hydrogens is 194 g/mol. The molecule has 1 aliphatic rings. The molecule has 0 bridgehead atoms. The minimum atomic E-state index is -0.372. The Balaban J connectivity index is 2.33. The van der Waals surface area contributed by atoms with Gasteiger partial charge in [0.15, 0.2) is 0 Å². The highest BCUT2D eigenvalue weighted by Gasteiger charge is 2.26. The van der Waals surface area contributed by atoms with Crippen molar-refractivity contribution >= 4 is 6.09 Å². The summed E-state index contributed by atoms with van der Waals surface area (Å²) in [6.45, 7) is 2.49. The Hall–Kier alpha value is -1.71. The van der Waals surface area contributed by atoms with Crippen LogP contribution in [0, 0.1) is 6.92 Å². The largest absolute Gasteiger partial charge is 0.496 e. The van der Waals surface area contributed by atoms with Crippen molar-refractivity contribution in [2.75, 3.05) is 13.7 Å². The normalized spacial score (nSPS) is 19.6. The van der Waals surface area contributed by atoms with Crippen LogP contribution in [-0.2, 0) is 4.74 Å². The van der Waals surface area contributed by atoms with Gasteiger partial charge in [0.1, 0.15) is 11.9 Å². The van der Waals surface area contributed by atoms with E-state index in [1.54, 1.807) is 7.11 Å². The number of cyclic esters (lactones) is 1. The lowest BCUT2D eigenvalue weighted by atomic mass is 10.1. The predicted molar refractivity (Wildman–Crippen MR) is 55.0 cm³/mol. The fourth-order valence-electron chi connectivity index (χ4n) is 1.67. The highest BCUT2D eigenvalue weighted by atomic mass is 16.6. The molecule has 1 fully saturated rings. The first-order valence-electron chi connectivity index (χ1n) is 4.79. The number of carbonyl (C=O) groups is 1. The minimum absolute atomic E-state index is 0.243. The van der Waals surface area contributed by atoms with Crippen molar-refractivity contribution in [3.8, 4) is 5.75 Å². The Morgan fingerprint density at radius 2 is 2.33 bits per heavy atom. The number of methoxy groups -OCH3 is 1. The highest BCUT2D eigenvalue weighted by Crippen LogP contribution is 2.30. The number of amides is 1. The Labute approximate surface area is 88.2 Å². The Kier molecular flexibility index (Phi) is 2.49. The molecule has 1 N–H and O–H groups in total. The van der Waals surface area contributed by atoms with Gasteiger partial charge in [0.05, 0.1) is 13.7 Å². The third-order valence-electron chi connectivity index (χ3n) is 2.41. The molecule has 2 rings (SSSR count). The number of rotatable bonds is 2. The topological polar surface area (TPSA) is 47.6 Å². The monoisotopic (exact) mass is 207 g/mol. The number of benzene rings is 1. The summed E-state index contributed by atoms with van der Waals surface area (Å²) in [5, 5.41) is 2.62. The van der Waals surface area contributed by atoms with E-state index in [2.05, 4.69) is 5.32 Å². The fraction of sp³-hybridized carbons (Fsp3) is 0.364. The minimum Gasteiger partial charge on any atom is -0.496 e. The lowest BCUT2D eigenvalue weighted by Crippen LogP contribution is -2.12. The van der Waals surface area contributed by atoms with Crippen molar-refractivity contribution in [2.45, 2.75) is 13.0 Å². The maximum atomic E-state index is 10.9. The van der Waals surface area contributed by atoms with Gasteiger partial charge in [-0.2, -0.15) is 0 Å². The number of alkyl carbamates (subject to hydrolysis) is 1. The molecule has 15 heavy (non-hydrogen) atoms. The maximum absolute atomic E-state index is 10.9. The van der Waals surface area contributed by atoms with E-state index in [1.165, 1.54) is 0 Å². The summed E-state index contributed by atoms with van der Waals surface area (Å²) in [5.74, 6) is 0.752. The zero-order valence-corrected chi connectivity index (χ0v) is 8.74. The van der Waals surface area contributed by atoms with E-state index in [0.717, 1.165) is 16.9 Å². The second-order valence-corrected chi connectivity index (χ2v) is 3.52. The summed E-state index contributed by atoms with van der Waals surface area (Å²) in [7, 11) is 1.61. The van der Waals surface area contributed by atoms with Crippen molar-refractivity contribution in [1.82, 2.24) is 5.32 Å². The second-order valence-electron chi connectivity index (χ2n) is 3.52. The zero-order valence-electron chi connectivity index (χ0n) is 8.74. The first-order chi connectivity index (χ1) is 7.20. The first-order valence-corrected chi connectivity index (χ1v) is 4.79. The van der Waals surface area contributed by atoms with Gasteiger partial charge in [-0.1, -0.05) is 11.6 Å². The molecule has 80 valence electrons. The summed E-state index contributed by atoms with van der Waals surface area (Å²) < 4.78 is 10.3. The van der Waals surface area contributed by atoms with Gasteiger partial charge >= 0.3 is 6.09 Å². The molecule has 0 spiro atoms. The van der Waals surface area contributed by atoms with Crippen molar-refractivity contribution in [3.63, 3.8) is 0 Å². The average Bonchev–Trinajstić information content (AvgIpc) is 2.65. The molecule has 0 saturated carbocycles. The molecule has 4 nitrogen and oxygen atoms in total. The lowest BCUT2D eigenvalue weighted by Gasteiger charge is -2.13. The lowest BCUT2D eigenvalue weighted by molar-refractivity contribution is 0.139. The standard InChI is InChI=1S/C11H13NO3/c1-7-3-4-9(14-2)8(5-7)10-6-12-11(13)15-10/h3-5,10H,6H2,1-2H3,(H,12,13). The van der Waals surface area contributed by atoms with Crippen molar-refractivity contribution in [3.05, 3.63) is 29.3 Å². The van der Waals surface area contributed by atoms with Gasteiger partial charge in [0, 0.05) is 5.56 Å². The van der Waals surface area contributed by atoms with Crippen LogP contribution in [0.25, 0.3) is 0 Å². The smallest absolute Gasteiger partial charge is 0.407 e. The number of hydrogen-bond donors (Lipinski definition) is 1. The van der Waals surface area contributed by atoms with Crippen LogP contribution in [0.15, 0.2) is 18.2 Å². The molecule has 1 aliphatic heterocycles. The van der Waals surface area contributed by atoms with Gasteiger partial charge in [0.2, 0.25) is 0 Å². The van der Waals surface area contributed by atoms with Crippen molar-refractivity contribution in [2.24, 2.45) is 0 Å². The fourth-order valence-corrected chi connectivity index (χ4v) is 1.67. The van der Waals surface area contributed by atoms with Crippen LogP contribution in [0.1, 0.15) is 17.2 Å². The average molecular weight is 207 g/mol. The number of hydrogen-bond acceptors (Lipinski definition) is 3. The summed E-state index contributed by atoms with van der Waals surface area (Å²) >= 11 is 0. The molecule has 1 atom stereocenters. The highest BCUT2D eigenvalue weighted by molar-refractivity contribution is 5.70. The zero-order chi connectivity index (χ0) is 10.8. The molecule has 0 aromatic heterocycles. The number of ether oxygens (including phenoxy) is 2. The summed E-state index contributed by atoms with van der Waals surface area (Å²) in [6, 6.07) is 5.83. The molecular formula is C11H13NO3. The van der Waals surface area contributed by atoms with Crippen molar-refractivity contribution in [1.29, 1.82) is 0 Å². The molecule has 0 radical (unpaired) electrons. The van der Waals surface area contributed by atoms with Gasteiger partial charge in [-0.3, -0.25) is 0 Å². The first kappa shape index (κ1) is 9.83. The number of nitrogens with one attached hydrogen (secondary N) is 1. The van der Waals surface area contributed by atoms with Crippen LogP contribution in [0.5, 0.6) is 5.75 Å². The van der Waals surface area contributed by atoms with E-state index in [-0.39, 0.29) is 12.2 Å². The predicted octanol–water partition coefficient (Wildman–Crippen LogP) is 1.78. The SMILES string of the molecule is COc1ccc(C)cc1C1CNC(=O)O1. The molecule has 4 heteroatoms. The van der Waals surface area contributed by atoms with Gasteiger partial charge in [-0.25, -0.2) is 4.79 Å². The third-order valence-corrected chi connectivity index (χ3v) is 2.41. The van der Waals surface area contributed by atoms with Crippen LogP contribution < -0.4 is 10.1 Å². The van der Waals surface area contributed by atoms with Gasteiger partial charge < -0.3 is 14.8 Å². The van der Waals surface area contributed by atoms with Crippen LogP contribution in [0.4, 0.5) is 4.79 Å². The molecule has 1 aromatic rings. The Bertz CT molecular complexity index is 389. The van der Waals surface area contributed by atoms with E-state index < -0.39 is 0 Å². The summed E-state index contributed by atoms with van der Waals surface area (Å²) in [4.78, 5) is 10.9. The van der Waals surface area contributed by atoms with E-state index >= 15 is 0 Å². The van der Waals surface area contributed by atoms with Crippen LogP contribution in [0.2, 0.25) is 0 Å². The third kappa shape index (κ3) is 1.88. The molecule has 1 unspecified atom stereocenters. The van der Waals surface area contributed by atoms with Crippen LogP contribution >= 0.6 is 0 Å². The van der Waals surface area contributed by atoms with E-state index in [1.807, 2.05) is 25.1 Å². The Morgan fingerprint density at radius 3 is 2.93 bits per heavy atom. The summed E-state index contributed by atoms with van der Waals surface area (Å²) in [5.41, 5.74) is 2.03. The molecule has 1 aromatic carbocycles. The molecule has 1 saturated heterocycles.